The lowest BCUT2D eigenvalue weighted by Gasteiger charge is -2.31. The van der Waals surface area contributed by atoms with E-state index in [4.69, 9.17) is 5.73 Å². The van der Waals surface area contributed by atoms with Crippen molar-refractivity contribution in [3.8, 4) is 0 Å². The van der Waals surface area contributed by atoms with E-state index in [0.29, 0.717) is 13.1 Å². The molecule has 0 radical (unpaired) electrons. The molecule has 0 aliphatic heterocycles. The summed E-state index contributed by atoms with van der Waals surface area (Å²) in [6.07, 6.45) is 1.06. The minimum absolute atomic E-state index is 0.0650. The van der Waals surface area contributed by atoms with Gasteiger partial charge in [-0.15, -0.1) is 0 Å². The van der Waals surface area contributed by atoms with Gasteiger partial charge in [0.15, 0.2) is 0 Å². The van der Waals surface area contributed by atoms with Crippen molar-refractivity contribution in [3.05, 3.63) is 35.1 Å². The van der Waals surface area contributed by atoms with E-state index in [-0.39, 0.29) is 11.2 Å². The van der Waals surface area contributed by atoms with Gasteiger partial charge < -0.3 is 5.73 Å². The van der Waals surface area contributed by atoms with Crippen LogP contribution in [0, 0.1) is 18.2 Å². The fraction of sp³-hybridized carbons (Fsp3) is 0.625. The van der Waals surface area contributed by atoms with E-state index in [1.54, 1.807) is 6.07 Å². The maximum Gasteiger partial charge on any atom is 0.127 e. The average molecular weight is 266 g/mol. The topological polar surface area (TPSA) is 29.3 Å². The third kappa shape index (κ3) is 5.29. The Hall–Kier alpha value is -0.930. The maximum absolute atomic E-state index is 13.8. The molecular weight excluding hydrogens is 239 g/mol. The molecule has 0 unspecified atom stereocenters. The quantitative estimate of drug-likeness (QED) is 0.820. The zero-order chi connectivity index (χ0) is 14.5. The van der Waals surface area contributed by atoms with Crippen LogP contribution in [-0.4, -0.2) is 24.5 Å². The lowest BCUT2D eigenvalue weighted by atomic mass is 9.92. The summed E-state index contributed by atoms with van der Waals surface area (Å²) in [5.41, 5.74) is 7.74. The highest BCUT2D eigenvalue weighted by atomic mass is 19.1. The summed E-state index contributed by atoms with van der Waals surface area (Å²) in [6, 6.07) is 5.31. The Labute approximate surface area is 116 Å². The molecule has 0 aliphatic rings. The molecule has 2 nitrogen and oxygen atoms in total. The first-order valence-corrected chi connectivity index (χ1v) is 7.05. The van der Waals surface area contributed by atoms with Crippen LogP contribution < -0.4 is 5.73 Å². The van der Waals surface area contributed by atoms with Crippen molar-refractivity contribution in [1.82, 2.24) is 4.90 Å². The van der Waals surface area contributed by atoms with Gasteiger partial charge in [0.05, 0.1) is 0 Å². The van der Waals surface area contributed by atoms with Crippen LogP contribution in [0.25, 0.3) is 0 Å². The fourth-order valence-corrected chi connectivity index (χ4v) is 2.27. The highest BCUT2D eigenvalue weighted by Gasteiger charge is 2.20. The number of aryl methyl sites for hydroxylation is 1. The molecule has 0 atom stereocenters. The number of nitrogens with zero attached hydrogens (tertiary/aromatic N) is 1. The van der Waals surface area contributed by atoms with Crippen LogP contribution in [0.15, 0.2) is 18.2 Å². The van der Waals surface area contributed by atoms with Gasteiger partial charge in [-0.05, 0) is 37.9 Å². The minimum atomic E-state index is -0.114. The van der Waals surface area contributed by atoms with Gasteiger partial charge in [0.25, 0.3) is 0 Å². The summed E-state index contributed by atoms with van der Waals surface area (Å²) in [7, 11) is 0. The number of nitrogens with two attached hydrogens (primary N) is 1. The molecule has 0 aromatic heterocycles. The maximum atomic E-state index is 13.8. The molecule has 0 bridgehead atoms. The Morgan fingerprint density at radius 3 is 2.58 bits per heavy atom. The minimum Gasteiger partial charge on any atom is -0.330 e. The SMILES string of the molecule is CCCN(Cc1cc(C)ccc1F)CC(C)(C)CN. The highest BCUT2D eigenvalue weighted by molar-refractivity contribution is 5.24. The van der Waals surface area contributed by atoms with Gasteiger partial charge in [0.1, 0.15) is 5.82 Å². The Kier molecular flexibility index (Phi) is 5.95. The lowest BCUT2D eigenvalue weighted by molar-refractivity contribution is 0.174. The Bertz CT molecular complexity index is 402. The van der Waals surface area contributed by atoms with Crippen LogP contribution in [-0.2, 0) is 6.54 Å². The second kappa shape index (κ2) is 7.01. The third-order valence-corrected chi connectivity index (χ3v) is 3.34. The average Bonchev–Trinajstić information content (AvgIpc) is 2.34. The molecule has 1 rings (SSSR count). The summed E-state index contributed by atoms with van der Waals surface area (Å²) < 4.78 is 13.8. The number of hydrogen-bond donors (Lipinski definition) is 1. The standard InChI is InChI=1S/C16H27FN2/c1-5-8-19(12-16(3,4)11-18)10-14-9-13(2)6-7-15(14)17/h6-7,9H,5,8,10-12,18H2,1-4H3. The van der Waals surface area contributed by atoms with Crippen molar-refractivity contribution in [3.63, 3.8) is 0 Å². The number of rotatable bonds is 7. The zero-order valence-electron chi connectivity index (χ0n) is 12.7. The predicted octanol–water partition coefficient (Wildman–Crippen LogP) is 3.33. The molecule has 108 valence electrons. The Morgan fingerprint density at radius 1 is 1.32 bits per heavy atom. The monoisotopic (exact) mass is 266 g/mol. The number of benzene rings is 1. The van der Waals surface area contributed by atoms with Crippen LogP contribution in [0.4, 0.5) is 4.39 Å². The van der Waals surface area contributed by atoms with Crippen LogP contribution in [0.5, 0.6) is 0 Å². The molecule has 0 amide bonds. The normalized spacial score (nSPS) is 12.2. The predicted molar refractivity (Wildman–Crippen MR) is 79.5 cm³/mol. The van der Waals surface area contributed by atoms with Crippen molar-refractivity contribution in [2.24, 2.45) is 11.1 Å². The van der Waals surface area contributed by atoms with Gasteiger partial charge in [0.2, 0.25) is 0 Å². The largest absolute Gasteiger partial charge is 0.330 e. The highest BCUT2D eigenvalue weighted by Crippen LogP contribution is 2.19. The van der Waals surface area contributed by atoms with Gasteiger partial charge in [0, 0.05) is 18.7 Å². The van der Waals surface area contributed by atoms with Crippen LogP contribution >= 0.6 is 0 Å². The molecule has 0 saturated carbocycles. The van der Waals surface area contributed by atoms with Gasteiger partial charge in [-0.1, -0.05) is 38.5 Å². The number of hydrogen-bond acceptors (Lipinski definition) is 2. The van der Waals surface area contributed by atoms with Crippen molar-refractivity contribution in [1.29, 1.82) is 0 Å². The van der Waals surface area contributed by atoms with E-state index in [2.05, 4.69) is 25.7 Å². The van der Waals surface area contributed by atoms with E-state index in [1.165, 1.54) is 0 Å². The molecule has 0 fully saturated rings. The van der Waals surface area contributed by atoms with E-state index >= 15 is 0 Å². The molecule has 0 heterocycles. The molecule has 1 aromatic rings. The van der Waals surface area contributed by atoms with Crippen LogP contribution in [0.1, 0.15) is 38.3 Å². The van der Waals surface area contributed by atoms with Gasteiger partial charge in [-0.2, -0.15) is 0 Å². The first kappa shape index (κ1) is 16.1. The lowest BCUT2D eigenvalue weighted by Crippen LogP contribution is -2.39. The van der Waals surface area contributed by atoms with E-state index in [1.807, 2.05) is 19.1 Å². The molecule has 0 aliphatic carbocycles. The summed E-state index contributed by atoms with van der Waals surface area (Å²) in [5, 5.41) is 0. The summed E-state index contributed by atoms with van der Waals surface area (Å²) in [5.74, 6) is -0.114. The Balaban J connectivity index is 2.80. The molecule has 1 aromatic carbocycles. The van der Waals surface area contributed by atoms with Crippen LogP contribution in [0.2, 0.25) is 0 Å². The molecule has 0 saturated heterocycles. The van der Waals surface area contributed by atoms with Crippen molar-refractivity contribution >= 4 is 0 Å². The molecule has 19 heavy (non-hydrogen) atoms. The van der Waals surface area contributed by atoms with Gasteiger partial charge in [-0.3, -0.25) is 4.90 Å². The van der Waals surface area contributed by atoms with Gasteiger partial charge in [-0.25, -0.2) is 4.39 Å². The first-order chi connectivity index (χ1) is 8.88. The first-order valence-electron chi connectivity index (χ1n) is 7.05. The second-order valence-corrected chi connectivity index (χ2v) is 6.17. The fourth-order valence-electron chi connectivity index (χ4n) is 2.27. The van der Waals surface area contributed by atoms with E-state index < -0.39 is 0 Å². The summed E-state index contributed by atoms with van der Waals surface area (Å²) in [4.78, 5) is 2.30. The number of halogens is 1. The molecule has 0 spiro atoms. The second-order valence-electron chi connectivity index (χ2n) is 6.17. The molecule has 2 N–H and O–H groups in total. The Morgan fingerprint density at radius 2 is 2.00 bits per heavy atom. The summed E-state index contributed by atoms with van der Waals surface area (Å²) in [6.45, 7) is 11.6. The van der Waals surface area contributed by atoms with Crippen LogP contribution in [0.3, 0.4) is 0 Å². The van der Waals surface area contributed by atoms with Gasteiger partial charge >= 0.3 is 0 Å². The third-order valence-electron chi connectivity index (χ3n) is 3.34. The van der Waals surface area contributed by atoms with E-state index in [0.717, 1.165) is 30.6 Å². The van der Waals surface area contributed by atoms with Crippen molar-refractivity contribution in [2.75, 3.05) is 19.6 Å². The molecule has 3 heteroatoms. The van der Waals surface area contributed by atoms with Crippen molar-refractivity contribution in [2.45, 2.75) is 40.7 Å². The van der Waals surface area contributed by atoms with Crippen molar-refractivity contribution < 1.29 is 4.39 Å². The smallest absolute Gasteiger partial charge is 0.127 e. The van der Waals surface area contributed by atoms with E-state index in [9.17, 15) is 4.39 Å². The molecular formula is C16H27FN2. The zero-order valence-corrected chi connectivity index (χ0v) is 12.7. The summed E-state index contributed by atoms with van der Waals surface area (Å²) >= 11 is 0.